The fourth-order valence-electron chi connectivity index (χ4n) is 2.05. The second-order valence-corrected chi connectivity index (χ2v) is 6.58. The molecule has 1 aliphatic rings. The first-order valence-corrected chi connectivity index (χ1v) is 7.62. The van der Waals surface area contributed by atoms with Crippen LogP contribution in [0.15, 0.2) is 23.4 Å². The zero-order chi connectivity index (χ0) is 12.3. The average molecular weight is 254 g/mol. The maximum Gasteiger partial charge on any atom is 0.197 e. The van der Waals surface area contributed by atoms with E-state index in [1.807, 2.05) is 6.92 Å². The molecule has 0 unspecified atom stereocenters. The highest BCUT2D eigenvalue weighted by Crippen LogP contribution is 2.14. The van der Waals surface area contributed by atoms with Crippen molar-refractivity contribution in [1.82, 2.24) is 10.3 Å². The van der Waals surface area contributed by atoms with Gasteiger partial charge in [-0.1, -0.05) is 12.5 Å². The van der Waals surface area contributed by atoms with Crippen molar-refractivity contribution in [3.63, 3.8) is 0 Å². The summed E-state index contributed by atoms with van der Waals surface area (Å²) in [7, 11) is -3.25. The lowest BCUT2D eigenvalue weighted by Crippen LogP contribution is -2.39. The summed E-state index contributed by atoms with van der Waals surface area (Å²) in [6, 6.07) is 3.46. The predicted molar refractivity (Wildman–Crippen MR) is 66.7 cm³/mol. The molecule has 1 N–H and O–H groups in total. The average Bonchev–Trinajstić information content (AvgIpc) is 2.30. The summed E-state index contributed by atoms with van der Waals surface area (Å²) in [6.45, 7) is 2.81. The van der Waals surface area contributed by atoms with Gasteiger partial charge in [-0.05, 0) is 37.9 Å². The molecule has 1 aromatic heterocycles. The summed E-state index contributed by atoms with van der Waals surface area (Å²) < 4.78 is 24.2. The molecule has 1 fully saturated rings. The fourth-order valence-corrected chi connectivity index (χ4v) is 3.53. The summed E-state index contributed by atoms with van der Waals surface area (Å²) >= 11 is 0. The van der Waals surface area contributed by atoms with E-state index < -0.39 is 9.84 Å². The Morgan fingerprint density at radius 1 is 1.41 bits per heavy atom. The van der Waals surface area contributed by atoms with E-state index in [1.54, 1.807) is 18.3 Å². The Kier molecular flexibility index (Phi) is 3.79. The lowest BCUT2D eigenvalue weighted by molar-refractivity contribution is 0.423. The van der Waals surface area contributed by atoms with E-state index >= 15 is 0 Å². The molecule has 2 rings (SSSR count). The molecule has 0 bridgehead atoms. The SMILES string of the molecule is Cc1ccc(S(=O)(=O)C[C@H]2CCCCN2)nc1. The quantitative estimate of drug-likeness (QED) is 0.883. The normalized spacial score (nSPS) is 21.4. The number of rotatable bonds is 3. The maximum absolute atomic E-state index is 12.1. The predicted octanol–water partition coefficient (Wildman–Crippen LogP) is 1.31. The van der Waals surface area contributed by atoms with Gasteiger partial charge in [0.05, 0.1) is 5.75 Å². The number of sulfone groups is 1. The number of aryl methyl sites for hydroxylation is 1. The van der Waals surface area contributed by atoms with E-state index in [4.69, 9.17) is 0 Å². The van der Waals surface area contributed by atoms with Crippen molar-refractivity contribution in [2.75, 3.05) is 12.3 Å². The smallest absolute Gasteiger partial charge is 0.197 e. The molecule has 0 aliphatic carbocycles. The van der Waals surface area contributed by atoms with Crippen molar-refractivity contribution in [2.24, 2.45) is 0 Å². The summed E-state index contributed by atoms with van der Waals surface area (Å²) in [5.41, 5.74) is 0.972. The minimum atomic E-state index is -3.25. The first-order valence-electron chi connectivity index (χ1n) is 5.97. The third kappa shape index (κ3) is 3.26. The third-order valence-electron chi connectivity index (χ3n) is 3.04. The number of aromatic nitrogens is 1. The fraction of sp³-hybridized carbons (Fsp3) is 0.583. The van der Waals surface area contributed by atoms with Crippen LogP contribution in [0.1, 0.15) is 24.8 Å². The largest absolute Gasteiger partial charge is 0.313 e. The topological polar surface area (TPSA) is 59.1 Å². The van der Waals surface area contributed by atoms with E-state index in [9.17, 15) is 8.42 Å². The number of nitrogens with zero attached hydrogens (tertiary/aromatic N) is 1. The minimum absolute atomic E-state index is 0.0804. The third-order valence-corrected chi connectivity index (χ3v) is 4.76. The van der Waals surface area contributed by atoms with Crippen LogP contribution in [0.3, 0.4) is 0 Å². The lowest BCUT2D eigenvalue weighted by Gasteiger charge is -2.22. The van der Waals surface area contributed by atoms with E-state index in [0.29, 0.717) is 0 Å². The van der Waals surface area contributed by atoms with Gasteiger partial charge < -0.3 is 5.32 Å². The molecule has 0 aromatic carbocycles. The molecule has 1 aliphatic heterocycles. The Labute approximate surface area is 102 Å². The van der Waals surface area contributed by atoms with Gasteiger partial charge >= 0.3 is 0 Å². The van der Waals surface area contributed by atoms with Crippen molar-refractivity contribution in [1.29, 1.82) is 0 Å². The zero-order valence-electron chi connectivity index (χ0n) is 10.0. The lowest BCUT2D eigenvalue weighted by atomic mass is 10.1. The molecule has 2 heterocycles. The van der Waals surface area contributed by atoms with E-state index in [-0.39, 0.29) is 16.8 Å². The number of pyridine rings is 1. The van der Waals surface area contributed by atoms with Crippen molar-refractivity contribution in [2.45, 2.75) is 37.3 Å². The molecule has 1 atom stereocenters. The van der Waals surface area contributed by atoms with Crippen LogP contribution in [-0.4, -0.2) is 31.7 Å². The van der Waals surface area contributed by atoms with E-state index in [1.165, 1.54) is 0 Å². The van der Waals surface area contributed by atoms with Crippen LogP contribution in [0, 0.1) is 6.92 Å². The molecular weight excluding hydrogens is 236 g/mol. The molecule has 0 radical (unpaired) electrons. The maximum atomic E-state index is 12.1. The Morgan fingerprint density at radius 2 is 2.24 bits per heavy atom. The Balaban J connectivity index is 2.10. The number of hydrogen-bond donors (Lipinski definition) is 1. The monoisotopic (exact) mass is 254 g/mol. The molecular formula is C12H18N2O2S. The molecule has 17 heavy (non-hydrogen) atoms. The highest BCUT2D eigenvalue weighted by atomic mass is 32.2. The highest BCUT2D eigenvalue weighted by molar-refractivity contribution is 7.91. The van der Waals surface area contributed by atoms with Crippen LogP contribution >= 0.6 is 0 Å². The van der Waals surface area contributed by atoms with Gasteiger partial charge in [-0.3, -0.25) is 0 Å². The number of piperidine rings is 1. The molecule has 0 spiro atoms. The molecule has 94 valence electrons. The Bertz CT molecular complexity index is 462. The Hall–Kier alpha value is -0.940. The van der Waals surface area contributed by atoms with Gasteiger partial charge in [-0.2, -0.15) is 0 Å². The van der Waals surface area contributed by atoms with Gasteiger partial charge in [0.1, 0.15) is 0 Å². The molecule has 0 saturated carbocycles. The van der Waals surface area contributed by atoms with Crippen molar-refractivity contribution in [3.05, 3.63) is 23.9 Å². The van der Waals surface area contributed by atoms with Gasteiger partial charge in [0.25, 0.3) is 0 Å². The summed E-state index contributed by atoms with van der Waals surface area (Å²) in [6.07, 6.45) is 4.78. The summed E-state index contributed by atoms with van der Waals surface area (Å²) in [5, 5.41) is 3.44. The van der Waals surface area contributed by atoms with Crippen LogP contribution in [-0.2, 0) is 9.84 Å². The second kappa shape index (κ2) is 5.14. The number of nitrogens with one attached hydrogen (secondary N) is 1. The van der Waals surface area contributed by atoms with Crippen LogP contribution in [0.4, 0.5) is 0 Å². The first-order chi connectivity index (χ1) is 8.08. The van der Waals surface area contributed by atoms with Gasteiger partial charge in [0.15, 0.2) is 14.9 Å². The van der Waals surface area contributed by atoms with E-state index in [0.717, 1.165) is 31.4 Å². The Morgan fingerprint density at radius 3 is 2.82 bits per heavy atom. The molecule has 1 aromatic rings. The first kappa shape index (κ1) is 12.5. The number of hydrogen-bond acceptors (Lipinski definition) is 4. The van der Waals surface area contributed by atoms with Crippen LogP contribution in [0.5, 0.6) is 0 Å². The molecule has 4 nitrogen and oxygen atoms in total. The van der Waals surface area contributed by atoms with Crippen LogP contribution < -0.4 is 5.32 Å². The van der Waals surface area contributed by atoms with Gasteiger partial charge in [-0.15, -0.1) is 0 Å². The van der Waals surface area contributed by atoms with Crippen LogP contribution in [0.2, 0.25) is 0 Å². The standard InChI is InChI=1S/C12H18N2O2S/c1-10-5-6-12(14-8-10)17(15,16)9-11-4-2-3-7-13-11/h5-6,8,11,13H,2-4,7,9H2,1H3/t11-/m1/s1. The second-order valence-electron chi connectivity index (χ2n) is 4.60. The minimum Gasteiger partial charge on any atom is -0.313 e. The van der Waals surface area contributed by atoms with Crippen molar-refractivity contribution in [3.8, 4) is 0 Å². The summed E-state index contributed by atoms with van der Waals surface area (Å²) in [4.78, 5) is 4.00. The van der Waals surface area contributed by atoms with Gasteiger partial charge in [-0.25, -0.2) is 13.4 Å². The zero-order valence-corrected chi connectivity index (χ0v) is 10.8. The summed E-state index contributed by atoms with van der Waals surface area (Å²) in [5.74, 6) is 0.156. The van der Waals surface area contributed by atoms with Gasteiger partial charge in [0, 0.05) is 12.2 Å². The molecule has 0 amide bonds. The van der Waals surface area contributed by atoms with Gasteiger partial charge in [0.2, 0.25) is 0 Å². The van der Waals surface area contributed by atoms with Crippen LogP contribution in [0.25, 0.3) is 0 Å². The highest BCUT2D eigenvalue weighted by Gasteiger charge is 2.23. The van der Waals surface area contributed by atoms with Crippen molar-refractivity contribution < 1.29 is 8.42 Å². The molecule has 5 heteroatoms. The van der Waals surface area contributed by atoms with E-state index in [2.05, 4.69) is 10.3 Å². The van der Waals surface area contributed by atoms with Crippen molar-refractivity contribution >= 4 is 9.84 Å². The molecule has 1 saturated heterocycles.